The zero-order valence-corrected chi connectivity index (χ0v) is 15.9. The van der Waals surface area contributed by atoms with E-state index in [2.05, 4.69) is 23.9 Å². The summed E-state index contributed by atoms with van der Waals surface area (Å²) in [5, 5.41) is 7.08. The predicted molar refractivity (Wildman–Crippen MR) is 93.0 cm³/mol. The number of amides is 1. The van der Waals surface area contributed by atoms with Crippen molar-refractivity contribution in [1.29, 1.82) is 0 Å². The van der Waals surface area contributed by atoms with Gasteiger partial charge in [-0.05, 0) is 0 Å². The van der Waals surface area contributed by atoms with Crippen molar-refractivity contribution in [2.75, 3.05) is 10.2 Å². The van der Waals surface area contributed by atoms with Gasteiger partial charge in [0.1, 0.15) is 0 Å². The van der Waals surface area contributed by atoms with E-state index in [4.69, 9.17) is 0 Å². The van der Waals surface area contributed by atoms with E-state index in [1.807, 2.05) is 54.6 Å². The van der Waals surface area contributed by atoms with Crippen molar-refractivity contribution in [1.82, 2.24) is 18.3 Å². The molecule has 2 aromatic carbocycles. The Morgan fingerprint density at radius 1 is 1.16 bits per heavy atom. The fraction of sp³-hybridized carbons (Fsp3) is 0.167. The van der Waals surface area contributed by atoms with Crippen molar-refractivity contribution < 1.29 is 26.3 Å². The SMILES string of the molecule is C[I-]NC(Cc1ccccc1)C(=O)Nc1ccc(-n2cncn2)cc1. The predicted octanol–water partition coefficient (Wildman–Crippen LogP) is -0.959. The molecule has 0 aliphatic carbocycles. The summed E-state index contributed by atoms with van der Waals surface area (Å²) in [4.78, 5) is 18.7. The van der Waals surface area contributed by atoms with E-state index in [0.29, 0.717) is 6.42 Å². The first-order valence-electron chi connectivity index (χ1n) is 7.80. The molecular formula is C18H19IN5O-. The summed E-state index contributed by atoms with van der Waals surface area (Å²) in [6.45, 7) is 0. The van der Waals surface area contributed by atoms with Gasteiger partial charge in [0, 0.05) is 0 Å². The van der Waals surface area contributed by atoms with Gasteiger partial charge in [0.15, 0.2) is 0 Å². The number of nitrogens with one attached hydrogen (secondary N) is 2. The van der Waals surface area contributed by atoms with Crippen molar-refractivity contribution in [3.8, 4) is 5.69 Å². The van der Waals surface area contributed by atoms with Crippen molar-refractivity contribution in [2.24, 2.45) is 0 Å². The molecule has 7 heteroatoms. The Morgan fingerprint density at radius 3 is 2.56 bits per heavy atom. The number of alkyl halides is 1. The molecule has 0 saturated heterocycles. The fourth-order valence-corrected chi connectivity index (χ4v) is 3.69. The number of carbonyl (C=O) groups is 1. The number of hydrogen-bond acceptors (Lipinski definition) is 4. The number of aromatic nitrogens is 3. The molecule has 0 aliphatic heterocycles. The summed E-state index contributed by atoms with van der Waals surface area (Å²) in [7, 11) is 0. The Balaban J connectivity index is 1.66. The van der Waals surface area contributed by atoms with Gasteiger partial charge in [-0.2, -0.15) is 0 Å². The van der Waals surface area contributed by atoms with Crippen LogP contribution in [0.15, 0.2) is 67.3 Å². The second-order valence-electron chi connectivity index (χ2n) is 5.42. The zero-order chi connectivity index (χ0) is 17.5. The first-order valence-corrected chi connectivity index (χ1v) is 11.0. The van der Waals surface area contributed by atoms with Crippen LogP contribution in [0.2, 0.25) is 0 Å². The van der Waals surface area contributed by atoms with Crippen LogP contribution in [-0.4, -0.2) is 31.6 Å². The van der Waals surface area contributed by atoms with Crippen LogP contribution in [0.1, 0.15) is 5.56 Å². The van der Waals surface area contributed by atoms with Crippen LogP contribution < -0.4 is 30.3 Å². The third kappa shape index (κ3) is 4.86. The molecule has 0 aliphatic rings. The van der Waals surface area contributed by atoms with Crippen LogP contribution in [0.4, 0.5) is 5.69 Å². The van der Waals surface area contributed by atoms with E-state index >= 15 is 0 Å². The Labute approximate surface area is 157 Å². The molecule has 0 bridgehead atoms. The summed E-state index contributed by atoms with van der Waals surface area (Å²) < 4.78 is 5.03. The Bertz CT molecular complexity index is 790. The summed E-state index contributed by atoms with van der Waals surface area (Å²) >= 11 is -0.201. The maximum atomic E-state index is 12.6. The van der Waals surface area contributed by atoms with E-state index in [0.717, 1.165) is 16.9 Å². The van der Waals surface area contributed by atoms with E-state index in [1.54, 1.807) is 11.0 Å². The monoisotopic (exact) mass is 448 g/mol. The average molecular weight is 448 g/mol. The number of anilines is 1. The standard InChI is InChI=1S/C18H19IN5O/c1-19-23-17(11-14-5-3-2-4-6-14)18(25)22-15-7-9-16(10-8-15)24-13-20-12-21-24/h2-10,12-13,17,23H,11H2,1H3,(H,22,25)/q-1. The molecule has 3 aromatic rings. The normalized spacial score (nSPS) is 12.0. The van der Waals surface area contributed by atoms with E-state index < -0.39 is 0 Å². The van der Waals surface area contributed by atoms with Gasteiger partial charge in [0.2, 0.25) is 0 Å². The Kier molecular flexibility index (Phi) is 6.13. The molecule has 0 spiro atoms. The molecule has 1 unspecified atom stereocenters. The van der Waals surface area contributed by atoms with E-state index in [-0.39, 0.29) is 33.4 Å². The second kappa shape index (κ2) is 8.72. The van der Waals surface area contributed by atoms with Gasteiger partial charge in [-0.15, -0.1) is 0 Å². The van der Waals surface area contributed by atoms with Crippen LogP contribution in [0.3, 0.4) is 0 Å². The Hall–Kier alpha value is -2.26. The minimum atomic E-state index is -0.227. The van der Waals surface area contributed by atoms with Gasteiger partial charge in [0.25, 0.3) is 0 Å². The molecule has 25 heavy (non-hydrogen) atoms. The molecule has 1 aromatic heterocycles. The van der Waals surface area contributed by atoms with Crippen LogP contribution in [0.5, 0.6) is 0 Å². The number of benzene rings is 2. The van der Waals surface area contributed by atoms with Crippen LogP contribution in [0, 0.1) is 0 Å². The van der Waals surface area contributed by atoms with Gasteiger partial charge in [-0.25, -0.2) is 0 Å². The zero-order valence-electron chi connectivity index (χ0n) is 13.8. The molecule has 6 nitrogen and oxygen atoms in total. The summed E-state index contributed by atoms with van der Waals surface area (Å²) in [5.74, 6) is -0.0149. The molecule has 1 amide bonds. The topological polar surface area (TPSA) is 71.8 Å². The molecule has 2 N–H and O–H groups in total. The van der Waals surface area contributed by atoms with Crippen LogP contribution >= 0.6 is 0 Å². The molecule has 0 radical (unpaired) electrons. The van der Waals surface area contributed by atoms with E-state index in [1.165, 1.54) is 6.33 Å². The first kappa shape index (κ1) is 17.6. The van der Waals surface area contributed by atoms with Gasteiger partial charge >= 0.3 is 157 Å². The summed E-state index contributed by atoms with van der Waals surface area (Å²) in [6, 6.07) is 17.4. The van der Waals surface area contributed by atoms with Crippen LogP contribution in [-0.2, 0) is 11.2 Å². The average Bonchev–Trinajstić information content (AvgIpc) is 3.17. The van der Waals surface area contributed by atoms with Crippen LogP contribution in [0.25, 0.3) is 5.69 Å². The number of halogens is 1. The molecule has 3 rings (SSSR count). The number of carbonyl (C=O) groups excluding carboxylic acids is 1. The summed E-state index contributed by atoms with van der Waals surface area (Å²) in [6.07, 6.45) is 3.80. The van der Waals surface area contributed by atoms with Gasteiger partial charge < -0.3 is 0 Å². The Morgan fingerprint density at radius 2 is 1.92 bits per heavy atom. The minimum absolute atomic E-state index is 0.0149. The van der Waals surface area contributed by atoms with Crippen molar-refractivity contribution >= 4 is 11.6 Å². The third-order valence-electron chi connectivity index (χ3n) is 3.66. The van der Waals surface area contributed by atoms with Crippen molar-refractivity contribution in [3.05, 3.63) is 72.8 Å². The quantitative estimate of drug-likeness (QED) is 0.278. The molecule has 0 saturated carbocycles. The molecule has 1 heterocycles. The van der Waals surface area contributed by atoms with E-state index in [9.17, 15) is 4.79 Å². The number of rotatable bonds is 7. The molecule has 0 fully saturated rings. The van der Waals surface area contributed by atoms with Gasteiger partial charge in [0.05, 0.1) is 0 Å². The number of nitrogens with zero attached hydrogens (tertiary/aromatic N) is 3. The number of hydrogen-bond donors (Lipinski definition) is 2. The van der Waals surface area contributed by atoms with Crippen molar-refractivity contribution in [2.45, 2.75) is 12.5 Å². The fourth-order valence-electron chi connectivity index (χ4n) is 2.43. The summed E-state index contributed by atoms with van der Waals surface area (Å²) in [5.41, 5.74) is 2.81. The third-order valence-corrected chi connectivity index (χ3v) is 5.03. The maximum absolute atomic E-state index is 12.6. The molecule has 130 valence electrons. The first-order chi connectivity index (χ1) is 12.3. The van der Waals surface area contributed by atoms with Gasteiger partial charge in [-0.3, -0.25) is 0 Å². The van der Waals surface area contributed by atoms with Gasteiger partial charge in [-0.1, -0.05) is 0 Å². The molecular weight excluding hydrogens is 429 g/mol. The van der Waals surface area contributed by atoms with Crippen molar-refractivity contribution in [3.63, 3.8) is 0 Å². The molecule has 1 atom stereocenters. The second-order valence-corrected chi connectivity index (χ2v) is 7.12.